The Kier molecular flexibility index (Phi) is 5.83. The lowest BCUT2D eigenvalue weighted by molar-refractivity contribution is -0.121. The van der Waals surface area contributed by atoms with Crippen molar-refractivity contribution in [1.29, 1.82) is 0 Å². The maximum absolute atomic E-state index is 12.2. The molecular formula is C23H18BrNO4S. The number of thioether (sulfide) groups is 1. The van der Waals surface area contributed by atoms with Crippen LogP contribution in [0.4, 0.5) is 4.79 Å². The molecule has 1 fully saturated rings. The van der Waals surface area contributed by atoms with Crippen LogP contribution < -0.4 is 9.47 Å². The lowest BCUT2D eigenvalue weighted by atomic mass is 10.1. The van der Waals surface area contributed by atoms with E-state index < -0.39 is 0 Å². The molecule has 5 nitrogen and oxygen atoms in total. The summed E-state index contributed by atoms with van der Waals surface area (Å²) in [4.78, 5) is 25.4. The molecular weight excluding hydrogens is 466 g/mol. The summed E-state index contributed by atoms with van der Waals surface area (Å²) in [7, 11) is 3.04. The molecule has 0 saturated carbocycles. The molecule has 1 saturated heterocycles. The van der Waals surface area contributed by atoms with E-state index in [4.69, 9.17) is 9.47 Å². The third kappa shape index (κ3) is 3.95. The van der Waals surface area contributed by atoms with E-state index in [1.54, 1.807) is 19.3 Å². The molecule has 0 atom stereocenters. The summed E-state index contributed by atoms with van der Waals surface area (Å²) in [5.41, 5.74) is 1.80. The van der Waals surface area contributed by atoms with Crippen LogP contribution in [0.2, 0.25) is 0 Å². The summed E-state index contributed by atoms with van der Waals surface area (Å²) in [5, 5.41) is 2.02. The molecule has 0 N–H and O–H groups in total. The highest BCUT2D eigenvalue weighted by atomic mass is 79.9. The van der Waals surface area contributed by atoms with E-state index in [0.717, 1.165) is 43.0 Å². The second-order valence-corrected chi connectivity index (χ2v) is 8.54. The first-order valence-electron chi connectivity index (χ1n) is 9.16. The number of methoxy groups -OCH3 is 1. The molecule has 1 aliphatic rings. The monoisotopic (exact) mass is 483 g/mol. The number of carbonyl (C=O) groups excluding carboxylic acids is 2. The van der Waals surface area contributed by atoms with Gasteiger partial charge in [-0.3, -0.25) is 14.5 Å². The second kappa shape index (κ2) is 8.53. The molecule has 1 heterocycles. The van der Waals surface area contributed by atoms with Crippen molar-refractivity contribution >= 4 is 55.7 Å². The van der Waals surface area contributed by atoms with Gasteiger partial charge in [-0.1, -0.05) is 58.4 Å². The van der Waals surface area contributed by atoms with Gasteiger partial charge in [-0.25, -0.2) is 0 Å². The van der Waals surface area contributed by atoms with Gasteiger partial charge < -0.3 is 9.47 Å². The van der Waals surface area contributed by atoms with Crippen molar-refractivity contribution < 1.29 is 19.1 Å². The molecule has 0 aliphatic carbocycles. The van der Waals surface area contributed by atoms with Crippen molar-refractivity contribution in [2.45, 2.75) is 6.61 Å². The van der Waals surface area contributed by atoms with Crippen molar-refractivity contribution in [3.63, 3.8) is 0 Å². The topological polar surface area (TPSA) is 55.8 Å². The van der Waals surface area contributed by atoms with Crippen LogP contribution in [0.1, 0.15) is 11.1 Å². The highest BCUT2D eigenvalue weighted by Gasteiger charge is 2.32. The Morgan fingerprint density at radius 1 is 1.07 bits per heavy atom. The number of halogens is 1. The number of nitrogens with zero attached hydrogens (tertiary/aromatic N) is 1. The van der Waals surface area contributed by atoms with Crippen molar-refractivity contribution in [3.8, 4) is 11.5 Å². The number of hydrogen-bond donors (Lipinski definition) is 0. The minimum atomic E-state index is -0.313. The molecule has 30 heavy (non-hydrogen) atoms. The number of ether oxygens (including phenoxy) is 2. The molecule has 3 aromatic rings. The molecule has 4 rings (SSSR count). The maximum atomic E-state index is 12.2. The van der Waals surface area contributed by atoms with Crippen molar-refractivity contribution in [1.82, 2.24) is 4.90 Å². The van der Waals surface area contributed by atoms with E-state index in [-0.39, 0.29) is 11.1 Å². The number of fused-ring (bicyclic) bond motifs is 1. The van der Waals surface area contributed by atoms with Gasteiger partial charge >= 0.3 is 0 Å². The fourth-order valence-electron chi connectivity index (χ4n) is 3.19. The van der Waals surface area contributed by atoms with Crippen molar-refractivity contribution in [2.75, 3.05) is 14.2 Å². The molecule has 0 bridgehead atoms. The molecule has 0 aromatic heterocycles. The number of benzene rings is 3. The molecule has 0 radical (unpaired) electrons. The number of likely N-dealkylation sites (N-methyl/N-ethyl adjacent to an activating group) is 1. The standard InChI is InChI=1S/C23H18BrNO4S/c1-25-22(26)21(30-23(25)27)11-16-10-19(28-2)20(12-18(16)24)29-13-15-8-5-7-14-6-3-4-9-17(14)15/h3-12H,13H2,1-2H3/b21-11-. The van der Waals surface area contributed by atoms with Gasteiger partial charge in [-0.15, -0.1) is 0 Å². The van der Waals surface area contributed by atoms with Gasteiger partial charge in [0.25, 0.3) is 11.1 Å². The van der Waals surface area contributed by atoms with Crippen LogP contribution in [0.15, 0.2) is 64.0 Å². The van der Waals surface area contributed by atoms with E-state index in [0.29, 0.717) is 23.0 Å². The van der Waals surface area contributed by atoms with Crippen LogP contribution in [-0.4, -0.2) is 30.2 Å². The van der Waals surface area contributed by atoms with Gasteiger partial charge in [-0.2, -0.15) is 0 Å². The highest BCUT2D eigenvalue weighted by Crippen LogP contribution is 2.38. The smallest absolute Gasteiger partial charge is 0.293 e. The second-order valence-electron chi connectivity index (χ2n) is 6.69. The third-order valence-electron chi connectivity index (χ3n) is 4.82. The van der Waals surface area contributed by atoms with E-state index >= 15 is 0 Å². The zero-order valence-electron chi connectivity index (χ0n) is 16.3. The Bertz CT molecular complexity index is 1190. The molecule has 152 valence electrons. The van der Waals surface area contributed by atoms with Gasteiger partial charge in [0.05, 0.1) is 12.0 Å². The molecule has 0 spiro atoms. The molecule has 3 aromatic carbocycles. The Balaban J connectivity index is 1.61. The zero-order chi connectivity index (χ0) is 21.3. The summed E-state index contributed by atoms with van der Waals surface area (Å²) in [6.45, 7) is 0.387. The maximum Gasteiger partial charge on any atom is 0.293 e. The summed E-state index contributed by atoms with van der Waals surface area (Å²) >= 11 is 4.45. The number of amides is 2. The summed E-state index contributed by atoms with van der Waals surface area (Å²) in [5.74, 6) is 0.811. The van der Waals surface area contributed by atoms with Crippen LogP contribution in [0.5, 0.6) is 11.5 Å². The van der Waals surface area contributed by atoms with Crippen molar-refractivity contribution in [3.05, 3.63) is 75.1 Å². The lowest BCUT2D eigenvalue weighted by Gasteiger charge is -2.14. The predicted octanol–water partition coefficient (Wildman–Crippen LogP) is 5.86. The molecule has 1 aliphatic heterocycles. The van der Waals surface area contributed by atoms with E-state index in [1.807, 2.05) is 30.3 Å². The van der Waals surface area contributed by atoms with Crippen LogP contribution in [0, 0.1) is 0 Å². The van der Waals surface area contributed by atoms with Crippen LogP contribution in [-0.2, 0) is 11.4 Å². The predicted molar refractivity (Wildman–Crippen MR) is 123 cm³/mol. The normalized spacial score (nSPS) is 15.3. The van der Waals surface area contributed by atoms with Crippen LogP contribution in [0.25, 0.3) is 16.8 Å². The number of imide groups is 1. The van der Waals surface area contributed by atoms with Crippen LogP contribution in [0.3, 0.4) is 0 Å². The van der Waals surface area contributed by atoms with Gasteiger partial charge in [0.1, 0.15) is 6.61 Å². The first-order chi connectivity index (χ1) is 14.5. The van der Waals surface area contributed by atoms with Crippen molar-refractivity contribution in [2.24, 2.45) is 0 Å². The first-order valence-corrected chi connectivity index (χ1v) is 10.8. The first kappa shape index (κ1) is 20.5. The summed E-state index contributed by atoms with van der Waals surface area (Å²) in [6.07, 6.45) is 1.68. The van der Waals surface area contributed by atoms with E-state index in [1.165, 1.54) is 7.05 Å². The fourth-order valence-corrected chi connectivity index (χ4v) is 4.45. The fraction of sp³-hybridized carbons (Fsp3) is 0.130. The van der Waals surface area contributed by atoms with Gasteiger partial charge in [0.15, 0.2) is 11.5 Å². The molecule has 0 unspecified atom stereocenters. The largest absolute Gasteiger partial charge is 0.493 e. The molecule has 7 heteroatoms. The van der Waals surface area contributed by atoms with Crippen LogP contribution >= 0.6 is 27.7 Å². The summed E-state index contributed by atoms with van der Waals surface area (Å²) in [6, 6.07) is 17.9. The lowest BCUT2D eigenvalue weighted by Crippen LogP contribution is -2.22. The highest BCUT2D eigenvalue weighted by molar-refractivity contribution is 9.10. The number of carbonyl (C=O) groups is 2. The van der Waals surface area contributed by atoms with Gasteiger partial charge in [0, 0.05) is 11.5 Å². The average Bonchev–Trinajstić information content (AvgIpc) is 3.00. The minimum absolute atomic E-state index is 0.288. The quantitative estimate of drug-likeness (QED) is 0.425. The third-order valence-corrected chi connectivity index (χ3v) is 6.47. The Morgan fingerprint density at radius 2 is 1.83 bits per heavy atom. The SMILES string of the molecule is COc1cc(/C=C2\SC(=O)N(C)C2=O)c(Br)cc1OCc1cccc2ccccc12. The number of rotatable bonds is 5. The van der Waals surface area contributed by atoms with Gasteiger partial charge in [0.2, 0.25) is 0 Å². The number of hydrogen-bond acceptors (Lipinski definition) is 5. The Labute approximate surface area is 186 Å². The Morgan fingerprint density at radius 3 is 2.57 bits per heavy atom. The summed E-state index contributed by atoms with van der Waals surface area (Å²) < 4.78 is 12.3. The zero-order valence-corrected chi connectivity index (χ0v) is 18.7. The average molecular weight is 484 g/mol. The van der Waals surface area contributed by atoms with Gasteiger partial charge in [-0.05, 0) is 51.9 Å². The molecule has 2 amide bonds. The Hall–Kier alpha value is -2.77. The van der Waals surface area contributed by atoms with E-state index in [9.17, 15) is 9.59 Å². The van der Waals surface area contributed by atoms with E-state index in [2.05, 4.69) is 34.1 Å². The minimum Gasteiger partial charge on any atom is -0.493 e.